The van der Waals surface area contributed by atoms with Gasteiger partial charge in [0.15, 0.2) is 0 Å². The minimum absolute atomic E-state index is 0.117. The molecular weight excluding hydrogens is 160 g/mol. The lowest BCUT2D eigenvalue weighted by molar-refractivity contribution is -0.139. The summed E-state index contributed by atoms with van der Waals surface area (Å²) in [7, 11) is 1.51. The van der Waals surface area contributed by atoms with Crippen molar-refractivity contribution in [2.45, 2.75) is 6.92 Å². The van der Waals surface area contributed by atoms with Crippen LogP contribution in [0.15, 0.2) is 0 Å². The fourth-order valence-electron chi connectivity index (χ4n) is 0.712. The van der Waals surface area contributed by atoms with Gasteiger partial charge in [0.05, 0.1) is 6.61 Å². The molecule has 12 heavy (non-hydrogen) atoms. The molecule has 0 aromatic heterocycles. The summed E-state index contributed by atoms with van der Waals surface area (Å²) in [5, 5.41) is 8.50. The molecule has 5 heteroatoms. The Bertz CT molecular complexity index is 181. The number of hydrogen-bond donors (Lipinski definition) is 2. The maximum Gasteiger partial charge on any atom is 0.234 e. The predicted molar refractivity (Wildman–Crippen MR) is 43.1 cm³/mol. The van der Waals surface area contributed by atoms with E-state index in [0.29, 0.717) is 0 Å². The van der Waals surface area contributed by atoms with E-state index in [1.165, 1.54) is 18.9 Å². The number of aliphatic hydroxyl groups is 1. The van der Waals surface area contributed by atoms with Gasteiger partial charge in [0.1, 0.15) is 5.92 Å². The van der Waals surface area contributed by atoms with E-state index in [0.717, 1.165) is 0 Å². The van der Waals surface area contributed by atoms with Crippen LogP contribution in [0.1, 0.15) is 6.92 Å². The van der Waals surface area contributed by atoms with E-state index in [2.05, 4.69) is 0 Å². The number of primary amides is 1. The van der Waals surface area contributed by atoms with Crippen molar-refractivity contribution < 1.29 is 14.7 Å². The van der Waals surface area contributed by atoms with Crippen LogP contribution >= 0.6 is 0 Å². The Morgan fingerprint density at radius 1 is 1.58 bits per heavy atom. The maximum atomic E-state index is 11.2. The number of aliphatic hydroxyl groups excluding tert-OH is 1. The van der Waals surface area contributed by atoms with Crippen LogP contribution in [0.25, 0.3) is 0 Å². The van der Waals surface area contributed by atoms with E-state index in [4.69, 9.17) is 10.8 Å². The highest BCUT2D eigenvalue weighted by Gasteiger charge is 2.21. The van der Waals surface area contributed by atoms with Crippen molar-refractivity contribution in [3.8, 4) is 0 Å². The van der Waals surface area contributed by atoms with Crippen molar-refractivity contribution in [2.24, 2.45) is 11.7 Å². The highest BCUT2D eigenvalue weighted by Crippen LogP contribution is 1.98. The van der Waals surface area contributed by atoms with Crippen molar-refractivity contribution in [3.63, 3.8) is 0 Å². The van der Waals surface area contributed by atoms with Gasteiger partial charge in [-0.2, -0.15) is 0 Å². The minimum atomic E-state index is -0.818. The first-order chi connectivity index (χ1) is 5.50. The number of rotatable bonds is 4. The molecule has 0 aliphatic carbocycles. The van der Waals surface area contributed by atoms with Gasteiger partial charge in [-0.05, 0) is 6.92 Å². The summed E-state index contributed by atoms with van der Waals surface area (Å²) >= 11 is 0. The molecule has 2 amide bonds. The number of nitrogens with two attached hydrogens (primary N) is 1. The summed E-state index contributed by atoms with van der Waals surface area (Å²) in [6, 6.07) is 0. The molecule has 0 aliphatic rings. The van der Waals surface area contributed by atoms with Gasteiger partial charge in [-0.1, -0.05) is 0 Å². The zero-order valence-electron chi connectivity index (χ0n) is 7.28. The van der Waals surface area contributed by atoms with E-state index >= 15 is 0 Å². The van der Waals surface area contributed by atoms with E-state index in [-0.39, 0.29) is 19.1 Å². The number of nitrogens with zero attached hydrogens (tertiary/aromatic N) is 1. The zero-order chi connectivity index (χ0) is 9.72. The third kappa shape index (κ3) is 2.87. The lowest BCUT2D eigenvalue weighted by Crippen LogP contribution is -2.39. The third-order valence-corrected chi connectivity index (χ3v) is 1.61. The van der Waals surface area contributed by atoms with E-state index in [1.807, 2.05) is 0 Å². The highest BCUT2D eigenvalue weighted by atomic mass is 16.3. The average Bonchev–Trinajstić information content (AvgIpc) is 2.02. The molecule has 70 valence electrons. The number of hydrogen-bond acceptors (Lipinski definition) is 3. The van der Waals surface area contributed by atoms with E-state index < -0.39 is 11.8 Å². The van der Waals surface area contributed by atoms with E-state index in [9.17, 15) is 9.59 Å². The van der Waals surface area contributed by atoms with Crippen LogP contribution in [-0.4, -0.2) is 42.0 Å². The molecule has 5 nitrogen and oxygen atoms in total. The number of likely N-dealkylation sites (N-methyl/N-ethyl adjacent to an activating group) is 1. The monoisotopic (exact) mass is 174 g/mol. The molecule has 3 N–H and O–H groups in total. The van der Waals surface area contributed by atoms with Gasteiger partial charge in [-0.25, -0.2) is 0 Å². The topological polar surface area (TPSA) is 83.6 Å². The number of carbonyl (C=O) groups excluding carboxylic acids is 2. The molecule has 0 heterocycles. The Balaban J connectivity index is 4.09. The fourth-order valence-corrected chi connectivity index (χ4v) is 0.712. The molecule has 1 atom stereocenters. The summed E-state index contributed by atoms with van der Waals surface area (Å²) in [6.45, 7) is 1.54. The minimum Gasteiger partial charge on any atom is -0.395 e. The molecular formula is C7H14N2O3. The normalized spacial score (nSPS) is 12.2. The van der Waals surface area contributed by atoms with Gasteiger partial charge in [0.25, 0.3) is 0 Å². The SMILES string of the molecule is CC(C(N)=O)C(=O)N(C)CCO. The van der Waals surface area contributed by atoms with Crippen molar-refractivity contribution >= 4 is 11.8 Å². The quantitative estimate of drug-likeness (QED) is 0.512. The Morgan fingerprint density at radius 2 is 2.08 bits per heavy atom. The van der Waals surface area contributed by atoms with Crippen LogP contribution < -0.4 is 5.73 Å². The summed E-state index contributed by atoms with van der Waals surface area (Å²) in [5.74, 6) is -1.83. The molecule has 0 radical (unpaired) electrons. The number of carbonyl (C=O) groups is 2. The summed E-state index contributed by atoms with van der Waals surface area (Å²) in [5.41, 5.74) is 4.92. The molecule has 0 aliphatic heterocycles. The Morgan fingerprint density at radius 3 is 2.42 bits per heavy atom. The van der Waals surface area contributed by atoms with Crippen molar-refractivity contribution in [2.75, 3.05) is 20.2 Å². The third-order valence-electron chi connectivity index (χ3n) is 1.61. The Kier molecular flexibility index (Phi) is 4.28. The second-order valence-electron chi connectivity index (χ2n) is 2.61. The van der Waals surface area contributed by atoms with Gasteiger partial charge >= 0.3 is 0 Å². The predicted octanol–water partition coefficient (Wildman–Crippen LogP) is -1.44. The first-order valence-corrected chi connectivity index (χ1v) is 3.65. The van der Waals surface area contributed by atoms with Crippen LogP contribution in [0.3, 0.4) is 0 Å². The van der Waals surface area contributed by atoms with Gasteiger partial charge in [-0.3, -0.25) is 9.59 Å². The van der Waals surface area contributed by atoms with Crippen LogP contribution in [0.4, 0.5) is 0 Å². The molecule has 0 aromatic rings. The summed E-state index contributed by atoms with van der Waals surface area (Å²) in [4.78, 5) is 23.0. The first-order valence-electron chi connectivity index (χ1n) is 3.65. The molecule has 0 saturated heterocycles. The molecule has 0 spiro atoms. The van der Waals surface area contributed by atoms with Crippen molar-refractivity contribution in [1.82, 2.24) is 4.90 Å². The molecule has 0 rings (SSSR count). The Hall–Kier alpha value is -1.10. The lowest BCUT2D eigenvalue weighted by atomic mass is 10.1. The van der Waals surface area contributed by atoms with Crippen molar-refractivity contribution in [3.05, 3.63) is 0 Å². The smallest absolute Gasteiger partial charge is 0.234 e. The van der Waals surface area contributed by atoms with Crippen molar-refractivity contribution in [1.29, 1.82) is 0 Å². The van der Waals surface area contributed by atoms with Crippen LogP contribution in [0.2, 0.25) is 0 Å². The van der Waals surface area contributed by atoms with Crippen LogP contribution in [0, 0.1) is 5.92 Å². The van der Waals surface area contributed by atoms with Crippen LogP contribution in [-0.2, 0) is 9.59 Å². The van der Waals surface area contributed by atoms with E-state index in [1.54, 1.807) is 0 Å². The largest absolute Gasteiger partial charge is 0.395 e. The second-order valence-corrected chi connectivity index (χ2v) is 2.61. The highest BCUT2D eigenvalue weighted by molar-refractivity contribution is 5.98. The molecule has 0 aromatic carbocycles. The van der Waals surface area contributed by atoms with Gasteiger partial charge in [0, 0.05) is 13.6 Å². The number of amides is 2. The molecule has 0 saturated carbocycles. The fraction of sp³-hybridized carbons (Fsp3) is 0.714. The summed E-state index contributed by atoms with van der Waals surface area (Å²) < 4.78 is 0. The lowest BCUT2D eigenvalue weighted by Gasteiger charge is -2.18. The molecule has 0 bridgehead atoms. The Labute approximate surface area is 71.1 Å². The second kappa shape index (κ2) is 4.71. The van der Waals surface area contributed by atoms with Gasteiger partial charge < -0.3 is 15.7 Å². The van der Waals surface area contributed by atoms with Crippen LogP contribution in [0.5, 0.6) is 0 Å². The summed E-state index contributed by atoms with van der Waals surface area (Å²) in [6.07, 6.45) is 0. The maximum absolute atomic E-state index is 11.2. The molecule has 0 fully saturated rings. The first kappa shape index (κ1) is 10.9. The average molecular weight is 174 g/mol. The van der Waals surface area contributed by atoms with Gasteiger partial charge in [-0.15, -0.1) is 0 Å². The zero-order valence-corrected chi connectivity index (χ0v) is 7.28. The molecule has 1 unspecified atom stereocenters. The standard InChI is InChI=1S/C7H14N2O3/c1-5(6(8)11)7(12)9(2)3-4-10/h5,10H,3-4H2,1-2H3,(H2,8,11). The van der Waals surface area contributed by atoms with Gasteiger partial charge in [0.2, 0.25) is 11.8 Å².